The van der Waals surface area contributed by atoms with Gasteiger partial charge in [-0.1, -0.05) is 49.3 Å². The van der Waals surface area contributed by atoms with Crippen LogP contribution in [0.5, 0.6) is 0 Å². The van der Waals surface area contributed by atoms with Crippen molar-refractivity contribution in [3.8, 4) is 0 Å². The number of anilines is 1. The average molecular weight is 387 g/mol. The van der Waals surface area contributed by atoms with Gasteiger partial charge < -0.3 is 4.90 Å². The summed E-state index contributed by atoms with van der Waals surface area (Å²) in [5, 5.41) is 0.961. The minimum absolute atomic E-state index is 0.0628. The quantitative estimate of drug-likeness (QED) is 0.798. The Balaban J connectivity index is 1.99. The van der Waals surface area contributed by atoms with Crippen molar-refractivity contribution >= 4 is 50.0 Å². The zero-order valence-corrected chi connectivity index (χ0v) is 15.9. The van der Waals surface area contributed by atoms with Crippen molar-refractivity contribution in [3.63, 3.8) is 0 Å². The fraction of sp³-hybridized carbons (Fsp3) is 0.500. The highest BCUT2D eigenvalue weighted by Crippen LogP contribution is 2.42. The van der Waals surface area contributed by atoms with Crippen LogP contribution in [0.1, 0.15) is 20.3 Å². The fourth-order valence-electron chi connectivity index (χ4n) is 2.99. The van der Waals surface area contributed by atoms with Gasteiger partial charge in [0.1, 0.15) is 0 Å². The van der Waals surface area contributed by atoms with Gasteiger partial charge in [0, 0.05) is 11.7 Å². The maximum absolute atomic E-state index is 12.1. The number of fused-ring (bicyclic) bond motifs is 1. The molecule has 24 heavy (non-hydrogen) atoms. The lowest BCUT2D eigenvalue weighted by atomic mass is 10.1. The molecule has 2 aliphatic rings. The Labute approximate surface area is 151 Å². The number of thioether (sulfide) groups is 1. The number of nitrogens with zero attached hydrogens (tertiary/aromatic N) is 2. The van der Waals surface area contributed by atoms with E-state index in [0.717, 1.165) is 0 Å². The summed E-state index contributed by atoms with van der Waals surface area (Å²) >= 11 is 7.68. The number of amides is 1. The summed E-state index contributed by atoms with van der Waals surface area (Å²) in [6, 6.07) is 7.02. The molecule has 0 aromatic heterocycles. The van der Waals surface area contributed by atoms with Crippen molar-refractivity contribution in [3.05, 3.63) is 29.3 Å². The zero-order valence-electron chi connectivity index (χ0n) is 13.5. The van der Waals surface area contributed by atoms with Gasteiger partial charge in [0.2, 0.25) is 5.91 Å². The van der Waals surface area contributed by atoms with Gasteiger partial charge in [-0.05, 0) is 18.1 Å². The van der Waals surface area contributed by atoms with Crippen LogP contribution in [0.3, 0.4) is 0 Å². The lowest BCUT2D eigenvalue weighted by Gasteiger charge is -2.25. The molecular weight excluding hydrogens is 368 g/mol. The van der Waals surface area contributed by atoms with E-state index in [2.05, 4.69) is 4.99 Å². The summed E-state index contributed by atoms with van der Waals surface area (Å²) in [6.45, 7) is 3.93. The molecule has 0 bridgehead atoms. The molecule has 0 radical (unpaired) electrons. The number of carbonyl (C=O) groups excluding carboxylic acids is 1. The van der Waals surface area contributed by atoms with Crippen LogP contribution in [0.25, 0.3) is 0 Å². The second-order valence-corrected chi connectivity index (χ2v) is 10.3. The van der Waals surface area contributed by atoms with Crippen molar-refractivity contribution in [2.24, 2.45) is 10.9 Å². The number of hydrogen-bond acceptors (Lipinski definition) is 4. The Bertz CT molecular complexity index is 792. The lowest BCUT2D eigenvalue weighted by molar-refractivity contribution is -0.118. The Kier molecular flexibility index (Phi) is 4.95. The molecule has 0 unspecified atom stereocenters. The minimum atomic E-state index is -3.08. The van der Waals surface area contributed by atoms with E-state index in [9.17, 15) is 13.2 Å². The number of halogens is 1. The maximum Gasteiger partial charge on any atom is 0.248 e. The number of para-hydroxylation sites is 1. The van der Waals surface area contributed by atoms with Crippen molar-refractivity contribution in [1.29, 1.82) is 0 Å². The van der Waals surface area contributed by atoms with Gasteiger partial charge in [-0.3, -0.25) is 4.79 Å². The van der Waals surface area contributed by atoms with Gasteiger partial charge in [-0.25, -0.2) is 8.42 Å². The second-order valence-electron chi connectivity index (χ2n) is 6.51. The van der Waals surface area contributed by atoms with Crippen LogP contribution in [0.2, 0.25) is 5.02 Å². The normalized spacial score (nSPS) is 27.0. The highest BCUT2D eigenvalue weighted by Gasteiger charge is 2.49. The second kappa shape index (κ2) is 6.69. The molecule has 0 spiro atoms. The Hall–Kier alpha value is -1.05. The Morgan fingerprint density at radius 2 is 2.08 bits per heavy atom. The maximum atomic E-state index is 12.1. The molecule has 2 heterocycles. The third kappa shape index (κ3) is 3.63. The molecule has 130 valence electrons. The number of rotatable bonds is 3. The Morgan fingerprint density at radius 1 is 1.38 bits per heavy atom. The third-order valence-electron chi connectivity index (χ3n) is 3.98. The predicted molar refractivity (Wildman–Crippen MR) is 99.6 cm³/mol. The Morgan fingerprint density at radius 3 is 2.75 bits per heavy atom. The highest BCUT2D eigenvalue weighted by atomic mass is 35.5. The van der Waals surface area contributed by atoms with E-state index in [4.69, 9.17) is 11.6 Å². The number of carbonyl (C=O) groups is 1. The van der Waals surface area contributed by atoms with Gasteiger partial charge in [-0.15, -0.1) is 0 Å². The molecular formula is C16H19ClN2O3S2. The highest BCUT2D eigenvalue weighted by molar-refractivity contribution is 8.16. The predicted octanol–water partition coefficient (Wildman–Crippen LogP) is 2.99. The molecule has 1 aromatic rings. The number of sulfone groups is 1. The van der Waals surface area contributed by atoms with Crippen molar-refractivity contribution in [2.45, 2.75) is 31.6 Å². The number of hydrogen-bond donors (Lipinski definition) is 0. The van der Waals surface area contributed by atoms with Gasteiger partial charge in [0.15, 0.2) is 15.0 Å². The minimum Gasteiger partial charge on any atom is -0.314 e. The zero-order chi connectivity index (χ0) is 17.5. The van der Waals surface area contributed by atoms with E-state index in [1.807, 2.05) is 36.9 Å². The van der Waals surface area contributed by atoms with Gasteiger partial charge in [0.25, 0.3) is 0 Å². The summed E-state index contributed by atoms with van der Waals surface area (Å²) in [5.41, 5.74) is 0.701. The first kappa shape index (κ1) is 17.8. The van der Waals surface area contributed by atoms with Gasteiger partial charge in [0.05, 0.1) is 28.3 Å². The molecule has 5 nitrogen and oxygen atoms in total. The molecule has 0 N–H and O–H groups in total. The number of amidine groups is 1. The van der Waals surface area contributed by atoms with E-state index in [1.165, 1.54) is 11.8 Å². The van der Waals surface area contributed by atoms with Crippen molar-refractivity contribution in [2.75, 3.05) is 16.4 Å². The fourth-order valence-corrected chi connectivity index (χ4v) is 7.15. The monoisotopic (exact) mass is 386 g/mol. The topological polar surface area (TPSA) is 66.8 Å². The molecule has 3 rings (SSSR count). The molecule has 2 atom stereocenters. The summed E-state index contributed by atoms with van der Waals surface area (Å²) < 4.78 is 24.0. The van der Waals surface area contributed by atoms with Gasteiger partial charge in [-0.2, -0.15) is 4.99 Å². The first-order valence-electron chi connectivity index (χ1n) is 7.79. The van der Waals surface area contributed by atoms with Gasteiger partial charge >= 0.3 is 0 Å². The lowest BCUT2D eigenvalue weighted by Crippen LogP contribution is -2.37. The van der Waals surface area contributed by atoms with Crippen LogP contribution in [0.15, 0.2) is 29.3 Å². The van der Waals surface area contributed by atoms with Crippen LogP contribution in [0, 0.1) is 5.92 Å². The van der Waals surface area contributed by atoms with E-state index in [-0.39, 0.29) is 34.6 Å². The summed E-state index contributed by atoms with van der Waals surface area (Å²) in [4.78, 5) is 18.2. The van der Waals surface area contributed by atoms with Crippen LogP contribution < -0.4 is 4.90 Å². The standard InChI is InChI=1S/C16H19ClN2O3S2/c1-10(2)7-15(20)18-16-19(12-6-4-3-5-11(12)17)13-8-24(21,22)9-14(13)23-16/h3-6,10,13-14H,7-9H2,1-2H3/t13-,14+/m1/s1. The molecule has 1 amide bonds. The number of benzene rings is 1. The first-order chi connectivity index (χ1) is 11.3. The summed E-state index contributed by atoms with van der Waals surface area (Å²) in [5.74, 6) is 0.211. The van der Waals surface area contributed by atoms with Crippen molar-refractivity contribution in [1.82, 2.24) is 0 Å². The first-order valence-corrected chi connectivity index (χ1v) is 10.9. The van der Waals surface area contributed by atoms with Crippen molar-refractivity contribution < 1.29 is 13.2 Å². The van der Waals surface area contributed by atoms with E-state index in [1.54, 1.807) is 6.07 Å². The smallest absolute Gasteiger partial charge is 0.248 e. The molecule has 0 saturated carbocycles. The van der Waals surface area contributed by atoms with Crippen LogP contribution in [-0.2, 0) is 14.6 Å². The van der Waals surface area contributed by atoms with E-state index < -0.39 is 9.84 Å². The molecule has 2 saturated heterocycles. The molecule has 1 aromatic carbocycles. The number of aliphatic imine (C=N–C) groups is 1. The summed E-state index contributed by atoms with van der Waals surface area (Å²) in [6.07, 6.45) is 0.369. The average Bonchev–Trinajstić information content (AvgIpc) is 2.90. The van der Waals surface area contributed by atoms with E-state index >= 15 is 0 Å². The molecule has 0 aliphatic carbocycles. The van der Waals surface area contributed by atoms with E-state index in [0.29, 0.717) is 22.3 Å². The third-order valence-corrected chi connectivity index (χ3v) is 7.51. The van der Waals surface area contributed by atoms with Crippen LogP contribution in [-0.4, -0.2) is 42.3 Å². The SMILES string of the molecule is CC(C)CC(=O)N=C1S[C@H]2CS(=O)(=O)C[C@H]2N1c1ccccc1Cl. The van der Waals surface area contributed by atoms with Crippen LogP contribution in [0.4, 0.5) is 5.69 Å². The molecule has 2 aliphatic heterocycles. The van der Waals surface area contributed by atoms with Crippen LogP contribution >= 0.6 is 23.4 Å². The largest absolute Gasteiger partial charge is 0.314 e. The molecule has 8 heteroatoms. The molecule has 2 fully saturated rings. The summed E-state index contributed by atoms with van der Waals surface area (Å²) in [7, 11) is -3.08.